The van der Waals surface area contributed by atoms with Crippen LogP contribution in [0.2, 0.25) is 0 Å². The number of piperidine rings is 1. The van der Waals surface area contributed by atoms with E-state index in [0.717, 1.165) is 24.8 Å². The van der Waals surface area contributed by atoms with E-state index in [9.17, 15) is 8.42 Å². The van der Waals surface area contributed by atoms with E-state index in [4.69, 9.17) is 5.73 Å². The standard InChI is InChI=1S/C13H20N2O2S/c1-11-4-2-3-9-15(11)18(16,17)13-7-5-12(10-14)6-8-13/h5-8,11H,2-4,9-10,14H2,1H3/t11-/m0/s1. The first-order chi connectivity index (χ1) is 8.55. The maximum Gasteiger partial charge on any atom is 0.243 e. The molecule has 1 aromatic rings. The van der Waals surface area contributed by atoms with Crippen LogP contribution in [0, 0.1) is 0 Å². The van der Waals surface area contributed by atoms with Crippen molar-refractivity contribution in [2.75, 3.05) is 6.54 Å². The summed E-state index contributed by atoms with van der Waals surface area (Å²) in [5.41, 5.74) is 6.46. The van der Waals surface area contributed by atoms with E-state index in [-0.39, 0.29) is 6.04 Å². The molecule has 0 bridgehead atoms. The van der Waals surface area contributed by atoms with Crippen molar-refractivity contribution in [1.82, 2.24) is 4.31 Å². The molecule has 0 radical (unpaired) electrons. The molecular formula is C13H20N2O2S. The molecule has 1 aromatic carbocycles. The Balaban J connectivity index is 2.28. The van der Waals surface area contributed by atoms with Gasteiger partial charge in [-0.25, -0.2) is 8.42 Å². The van der Waals surface area contributed by atoms with Gasteiger partial charge in [-0.15, -0.1) is 0 Å². The van der Waals surface area contributed by atoms with Crippen molar-refractivity contribution in [2.24, 2.45) is 5.73 Å². The summed E-state index contributed by atoms with van der Waals surface area (Å²) >= 11 is 0. The molecule has 1 atom stereocenters. The van der Waals surface area contributed by atoms with E-state index < -0.39 is 10.0 Å². The zero-order valence-electron chi connectivity index (χ0n) is 10.7. The molecule has 0 spiro atoms. The number of hydrogen-bond acceptors (Lipinski definition) is 3. The van der Waals surface area contributed by atoms with Crippen LogP contribution in [0.4, 0.5) is 0 Å². The zero-order valence-corrected chi connectivity index (χ0v) is 11.5. The summed E-state index contributed by atoms with van der Waals surface area (Å²) in [6, 6.07) is 6.96. The molecule has 1 aliphatic heterocycles. The Kier molecular flexibility index (Phi) is 4.04. The average Bonchev–Trinajstić information content (AvgIpc) is 2.39. The molecule has 2 rings (SSSR count). The highest BCUT2D eigenvalue weighted by molar-refractivity contribution is 7.89. The molecule has 2 N–H and O–H groups in total. The predicted molar refractivity (Wildman–Crippen MR) is 71.5 cm³/mol. The molecule has 0 aliphatic carbocycles. The van der Waals surface area contributed by atoms with Crippen LogP contribution in [0.15, 0.2) is 29.2 Å². The fourth-order valence-electron chi connectivity index (χ4n) is 2.36. The van der Waals surface area contributed by atoms with Crippen molar-refractivity contribution in [3.8, 4) is 0 Å². The Morgan fingerprint density at radius 2 is 1.94 bits per heavy atom. The van der Waals surface area contributed by atoms with Crippen LogP contribution in [0.5, 0.6) is 0 Å². The second-order valence-corrected chi connectivity index (χ2v) is 6.70. The van der Waals surface area contributed by atoms with Crippen molar-refractivity contribution in [1.29, 1.82) is 0 Å². The Morgan fingerprint density at radius 1 is 1.28 bits per heavy atom. The second-order valence-electron chi connectivity index (χ2n) is 4.81. The van der Waals surface area contributed by atoms with Gasteiger partial charge in [0.2, 0.25) is 10.0 Å². The van der Waals surface area contributed by atoms with Gasteiger partial charge < -0.3 is 5.73 Å². The third-order valence-corrected chi connectivity index (χ3v) is 5.54. The summed E-state index contributed by atoms with van der Waals surface area (Å²) in [4.78, 5) is 0.369. The summed E-state index contributed by atoms with van der Waals surface area (Å²) in [6.07, 6.45) is 3.00. The molecule has 4 nitrogen and oxygen atoms in total. The van der Waals surface area contributed by atoms with Crippen LogP contribution in [-0.4, -0.2) is 25.3 Å². The van der Waals surface area contributed by atoms with Gasteiger partial charge in [0.1, 0.15) is 0 Å². The number of nitrogens with two attached hydrogens (primary N) is 1. The zero-order chi connectivity index (χ0) is 13.2. The molecular weight excluding hydrogens is 248 g/mol. The van der Waals surface area contributed by atoms with E-state index in [1.165, 1.54) is 0 Å². The van der Waals surface area contributed by atoms with E-state index in [1.54, 1.807) is 28.6 Å². The first-order valence-electron chi connectivity index (χ1n) is 6.36. The van der Waals surface area contributed by atoms with Gasteiger partial charge >= 0.3 is 0 Å². The minimum atomic E-state index is -3.34. The Bertz CT molecular complexity index is 496. The third kappa shape index (κ3) is 2.58. The quantitative estimate of drug-likeness (QED) is 0.907. The van der Waals surface area contributed by atoms with Gasteiger partial charge in [0.25, 0.3) is 0 Å². The number of rotatable bonds is 3. The average molecular weight is 268 g/mol. The van der Waals surface area contributed by atoms with Crippen LogP contribution in [0.25, 0.3) is 0 Å². The van der Waals surface area contributed by atoms with Crippen LogP contribution in [0.3, 0.4) is 0 Å². The van der Waals surface area contributed by atoms with Crippen molar-refractivity contribution < 1.29 is 8.42 Å². The lowest BCUT2D eigenvalue weighted by Crippen LogP contribution is -2.41. The number of nitrogens with zero attached hydrogens (tertiary/aromatic N) is 1. The third-order valence-electron chi connectivity index (χ3n) is 3.51. The second kappa shape index (κ2) is 5.38. The van der Waals surface area contributed by atoms with Gasteiger partial charge in [-0.1, -0.05) is 18.6 Å². The lowest BCUT2D eigenvalue weighted by Gasteiger charge is -2.32. The minimum Gasteiger partial charge on any atom is -0.326 e. The van der Waals surface area contributed by atoms with E-state index in [0.29, 0.717) is 18.0 Å². The lowest BCUT2D eigenvalue weighted by atomic mass is 10.1. The lowest BCUT2D eigenvalue weighted by molar-refractivity contribution is 0.268. The summed E-state index contributed by atoms with van der Waals surface area (Å²) in [5.74, 6) is 0. The van der Waals surface area contributed by atoms with Crippen molar-refractivity contribution in [3.05, 3.63) is 29.8 Å². The number of sulfonamides is 1. The van der Waals surface area contributed by atoms with Gasteiger partial charge in [-0.2, -0.15) is 4.31 Å². The monoisotopic (exact) mass is 268 g/mol. The minimum absolute atomic E-state index is 0.0953. The van der Waals surface area contributed by atoms with Gasteiger partial charge in [0.05, 0.1) is 4.90 Å². The van der Waals surface area contributed by atoms with Crippen molar-refractivity contribution in [2.45, 2.75) is 43.7 Å². The summed E-state index contributed by atoms with van der Waals surface area (Å²) < 4.78 is 26.6. The summed E-state index contributed by atoms with van der Waals surface area (Å²) in [7, 11) is -3.34. The topological polar surface area (TPSA) is 63.4 Å². The first-order valence-corrected chi connectivity index (χ1v) is 7.80. The van der Waals surface area contributed by atoms with Gasteiger partial charge in [-0.05, 0) is 37.5 Å². The molecule has 0 aromatic heterocycles. The van der Waals surface area contributed by atoms with Crippen LogP contribution >= 0.6 is 0 Å². The Hall–Kier alpha value is -0.910. The fourth-order valence-corrected chi connectivity index (χ4v) is 4.06. The maximum absolute atomic E-state index is 12.5. The highest BCUT2D eigenvalue weighted by Gasteiger charge is 2.30. The Labute approximate surface area is 109 Å². The fraction of sp³-hybridized carbons (Fsp3) is 0.538. The SMILES string of the molecule is C[C@H]1CCCCN1S(=O)(=O)c1ccc(CN)cc1. The molecule has 100 valence electrons. The molecule has 0 unspecified atom stereocenters. The van der Waals surface area contributed by atoms with Crippen LogP contribution < -0.4 is 5.73 Å². The first kappa shape index (κ1) is 13.5. The highest BCUT2D eigenvalue weighted by atomic mass is 32.2. The normalized spacial score (nSPS) is 22.0. The van der Waals surface area contributed by atoms with Crippen molar-refractivity contribution in [3.63, 3.8) is 0 Å². The molecule has 0 saturated carbocycles. The van der Waals surface area contributed by atoms with E-state index in [1.807, 2.05) is 6.92 Å². The summed E-state index contributed by atoms with van der Waals surface area (Å²) in [6.45, 7) is 3.04. The van der Waals surface area contributed by atoms with Crippen molar-refractivity contribution >= 4 is 10.0 Å². The molecule has 1 fully saturated rings. The van der Waals surface area contributed by atoms with Gasteiger partial charge in [0, 0.05) is 19.1 Å². The van der Waals surface area contributed by atoms with Crippen LogP contribution in [0.1, 0.15) is 31.7 Å². The number of hydrogen-bond donors (Lipinski definition) is 1. The van der Waals surface area contributed by atoms with E-state index >= 15 is 0 Å². The molecule has 1 aliphatic rings. The van der Waals surface area contributed by atoms with Gasteiger partial charge in [0.15, 0.2) is 0 Å². The maximum atomic E-state index is 12.5. The predicted octanol–water partition coefficient (Wildman–Crippen LogP) is 1.71. The largest absolute Gasteiger partial charge is 0.326 e. The van der Waals surface area contributed by atoms with E-state index in [2.05, 4.69) is 0 Å². The summed E-state index contributed by atoms with van der Waals surface area (Å²) in [5, 5.41) is 0. The van der Waals surface area contributed by atoms with Gasteiger partial charge in [-0.3, -0.25) is 0 Å². The highest BCUT2D eigenvalue weighted by Crippen LogP contribution is 2.25. The molecule has 5 heteroatoms. The molecule has 1 heterocycles. The Morgan fingerprint density at radius 3 is 2.50 bits per heavy atom. The molecule has 1 saturated heterocycles. The van der Waals surface area contributed by atoms with Crippen LogP contribution in [-0.2, 0) is 16.6 Å². The molecule has 18 heavy (non-hydrogen) atoms. The molecule has 0 amide bonds. The number of benzene rings is 1. The smallest absolute Gasteiger partial charge is 0.243 e.